The zero-order chi connectivity index (χ0) is 9.35. The lowest BCUT2D eigenvalue weighted by Crippen LogP contribution is -2.62. The van der Waals surface area contributed by atoms with E-state index in [0.717, 1.165) is 0 Å². The molecule has 0 spiro atoms. The van der Waals surface area contributed by atoms with E-state index in [1.165, 1.54) is 0 Å². The molecule has 0 aliphatic carbocycles. The molecule has 0 bridgehead atoms. The summed E-state index contributed by atoms with van der Waals surface area (Å²) < 4.78 is 4.56. The van der Waals surface area contributed by atoms with Crippen LogP contribution >= 0.6 is 0 Å². The molecule has 1 rings (SSSR count). The van der Waals surface area contributed by atoms with E-state index < -0.39 is 30.7 Å². The summed E-state index contributed by atoms with van der Waals surface area (Å²) >= 11 is 0. The lowest BCUT2D eigenvalue weighted by molar-refractivity contribution is -0.331. The van der Waals surface area contributed by atoms with Crippen LogP contribution in [-0.2, 0) is 4.74 Å². The van der Waals surface area contributed by atoms with Gasteiger partial charge in [-0.15, -0.1) is 0 Å². The second-order valence-corrected chi connectivity index (χ2v) is 2.82. The Morgan fingerprint density at radius 3 is 2.42 bits per heavy atom. The molecular weight excluding hydrogens is 169 g/mol. The molecule has 6 heteroatoms. The van der Waals surface area contributed by atoms with Gasteiger partial charge in [0.2, 0.25) is 5.79 Å². The average Bonchev–Trinajstić information content (AvgIpc) is 2.09. The summed E-state index contributed by atoms with van der Waals surface area (Å²) in [4.78, 5) is 0. The quantitative estimate of drug-likeness (QED) is 0.272. The van der Waals surface area contributed by atoms with Gasteiger partial charge in [0.25, 0.3) is 0 Å². The maximum Gasteiger partial charge on any atom is 0.218 e. The van der Waals surface area contributed by atoms with Gasteiger partial charge in [-0.05, 0) is 0 Å². The number of aliphatic hydroxyl groups is 5. The van der Waals surface area contributed by atoms with Gasteiger partial charge < -0.3 is 30.3 Å². The van der Waals surface area contributed by atoms with Gasteiger partial charge in [0.15, 0.2) is 0 Å². The molecule has 1 heterocycles. The molecule has 1 unspecified atom stereocenters. The highest BCUT2D eigenvalue weighted by Gasteiger charge is 2.47. The first-order valence-corrected chi connectivity index (χ1v) is 3.52. The third-order valence-electron chi connectivity index (χ3n) is 1.91. The SMILES string of the molecule is O[13CH2]C1(O)OC[C@@H](O)[C@H](O)[C@@H]1O. The van der Waals surface area contributed by atoms with Crippen LogP contribution in [0.5, 0.6) is 0 Å². The summed E-state index contributed by atoms with van der Waals surface area (Å²) in [6, 6.07) is 0. The minimum Gasteiger partial charge on any atom is -0.391 e. The smallest absolute Gasteiger partial charge is 0.218 e. The van der Waals surface area contributed by atoms with Crippen LogP contribution < -0.4 is 0 Å². The first-order chi connectivity index (χ1) is 5.51. The second kappa shape index (κ2) is 3.25. The van der Waals surface area contributed by atoms with Crippen molar-refractivity contribution in [2.24, 2.45) is 0 Å². The summed E-state index contributed by atoms with van der Waals surface area (Å²) in [5.41, 5.74) is 0. The maximum absolute atomic E-state index is 9.24. The molecule has 1 aliphatic rings. The van der Waals surface area contributed by atoms with E-state index in [0.29, 0.717) is 0 Å². The topological polar surface area (TPSA) is 110 Å². The first-order valence-electron chi connectivity index (χ1n) is 3.52. The summed E-state index contributed by atoms with van der Waals surface area (Å²) in [6.45, 7) is -1.16. The van der Waals surface area contributed by atoms with E-state index in [9.17, 15) is 5.11 Å². The van der Waals surface area contributed by atoms with Crippen LogP contribution in [0.4, 0.5) is 0 Å². The predicted molar refractivity (Wildman–Crippen MR) is 36.0 cm³/mol. The van der Waals surface area contributed by atoms with Crippen molar-refractivity contribution < 1.29 is 30.3 Å². The maximum atomic E-state index is 9.24. The molecule has 4 atom stereocenters. The van der Waals surface area contributed by atoms with Crippen molar-refractivity contribution in [3.8, 4) is 0 Å². The average molecular weight is 181 g/mol. The Hall–Kier alpha value is -0.240. The first kappa shape index (κ1) is 9.85. The fraction of sp³-hybridized carbons (Fsp3) is 1.00. The Labute approximate surface area is 68.6 Å². The van der Waals surface area contributed by atoms with Crippen molar-refractivity contribution in [2.45, 2.75) is 24.1 Å². The molecule has 0 aromatic carbocycles. The summed E-state index contributed by atoms with van der Waals surface area (Å²) in [5.74, 6) is -2.17. The van der Waals surface area contributed by atoms with Gasteiger partial charge in [0.05, 0.1) is 13.2 Å². The zero-order valence-corrected chi connectivity index (χ0v) is 6.29. The number of rotatable bonds is 1. The second-order valence-electron chi connectivity index (χ2n) is 2.82. The number of ether oxygens (including phenoxy) is 1. The summed E-state index contributed by atoms with van der Waals surface area (Å²) in [5, 5.41) is 45.0. The van der Waals surface area contributed by atoms with Crippen molar-refractivity contribution >= 4 is 0 Å². The van der Waals surface area contributed by atoms with Crippen molar-refractivity contribution in [2.75, 3.05) is 13.2 Å². The van der Waals surface area contributed by atoms with Gasteiger partial charge >= 0.3 is 0 Å². The van der Waals surface area contributed by atoms with Crippen molar-refractivity contribution in [3.05, 3.63) is 0 Å². The Kier molecular flexibility index (Phi) is 2.67. The highest BCUT2D eigenvalue weighted by molar-refractivity contribution is 4.90. The molecule has 0 amide bonds. The Morgan fingerprint density at radius 1 is 1.33 bits per heavy atom. The van der Waals surface area contributed by atoms with Gasteiger partial charge in [0, 0.05) is 0 Å². The van der Waals surface area contributed by atoms with Gasteiger partial charge in [-0.3, -0.25) is 0 Å². The van der Waals surface area contributed by atoms with Crippen LogP contribution in [0.25, 0.3) is 0 Å². The van der Waals surface area contributed by atoms with Crippen LogP contribution in [0, 0.1) is 0 Å². The van der Waals surface area contributed by atoms with Gasteiger partial charge in [-0.1, -0.05) is 0 Å². The Balaban J connectivity index is 2.71. The van der Waals surface area contributed by atoms with E-state index >= 15 is 0 Å². The molecule has 5 N–H and O–H groups in total. The molecule has 1 fully saturated rings. The molecule has 0 aromatic heterocycles. The van der Waals surface area contributed by atoms with Crippen LogP contribution in [0.1, 0.15) is 0 Å². The van der Waals surface area contributed by atoms with Gasteiger partial charge in [-0.2, -0.15) is 0 Å². The van der Waals surface area contributed by atoms with Crippen LogP contribution in [0.15, 0.2) is 0 Å². The molecule has 72 valence electrons. The minimum atomic E-state index is -2.17. The fourth-order valence-electron chi connectivity index (χ4n) is 1.03. The predicted octanol–water partition coefficient (Wildman–Crippen LogP) is -3.22. The third-order valence-corrected chi connectivity index (χ3v) is 1.91. The fourth-order valence-corrected chi connectivity index (χ4v) is 1.03. The molecule has 0 aromatic rings. The van der Waals surface area contributed by atoms with E-state index in [1.54, 1.807) is 0 Å². The van der Waals surface area contributed by atoms with Crippen LogP contribution in [-0.4, -0.2) is 62.8 Å². The van der Waals surface area contributed by atoms with Gasteiger partial charge in [0.1, 0.15) is 18.3 Å². The van der Waals surface area contributed by atoms with E-state index in [-0.39, 0.29) is 6.61 Å². The third kappa shape index (κ3) is 1.45. The lowest BCUT2D eigenvalue weighted by Gasteiger charge is -2.40. The molecule has 0 radical (unpaired) electrons. The molecular formula is C6H12O6. The zero-order valence-electron chi connectivity index (χ0n) is 6.29. The normalized spacial score (nSPS) is 49.2. The molecule has 0 saturated carbocycles. The molecule has 1 aliphatic heterocycles. The summed E-state index contributed by atoms with van der Waals surface area (Å²) in [6.07, 6.45) is -4.45. The standard InChI is InChI=1S/C6H12O6/c7-2-6(11)5(10)4(9)3(8)1-12-6/h3-5,7-11H,1-2H2/t3-,4+,5+,6?/m1/s1/i2+1. The monoisotopic (exact) mass is 181 g/mol. The van der Waals surface area contributed by atoms with Crippen LogP contribution in [0.3, 0.4) is 0 Å². The van der Waals surface area contributed by atoms with Crippen molar-refractivity contribution in [1.82, 2.24) is 0 Å². The summed E-state index contributed by atoms with van der Waals surface area (Å²) in [7, 11) is 0. The van der Waals surface area contributed by atoms with Crippen molar-refractivity contribution in [1.29, 1.82) is 0 Å². The van der Waals surface area contributed by atoms with Crippen LogP contribution in [0.2, 0.25) is 0 Å². The largest absolute Gasteiger partial charge is 0.391 e. The van der Waals surface area contributed by atoms with Gasteiger partial charge in [-0.25, -0.2) is 0 Å². The number of aliphatic hydroxyl groups excluding tert-OH is 4. The molecule has 1 saturated heterocycles. The highest BCUT2D eigenvalue weighted by Crippen LogP contribution is 2.22. The molecule has 12 heavy (non-hydrogen) atoms. The minimum absolute atomic E-state index is 0.324. The van der Waals surface area contributed by atoms with E-state index in [2.05, 4.69) is 4.74 Å². The Morgan fingerprint density at radius 2 is 1.92 bits per heavy atom. The number of hydrogen-bond donors (Lipinski definition) is 5. The molecule has 6 nitrogen and oxygen atoms in total. The Bertz CT molecular complexity index is 162. The van der Waals surface area contributed by atoms with Crippen molar-refractivity contribution in [3.63, 3.8) is 0 Å². The lowest BCUT2D eigenvalue weighted by atomic mass is 10.0. The number of hydrogen-bond acceptors (Lipinski definition) is 6. The van der Waals surface area contributed by atoms with E-state index in [4.69, 9.17) is 20.4 Å². The highest BCUT2D eigenvalue weighted by atomic mass is 16.7. The van der Waals surface area contributed by atoms with E-state index in [1.807, 2.05) is 0 Å².